The molecule has 0 rings (SSSR count). The Morgan fingerprint density at radius 3 is 2.00 bits per heavy atom. The van der Waals surface area contributed by atoms with Crippen molar-refractivity contribution in [1.82, 2.24) is 0 Å². The third-order valence-corrected chi connectivity index (χ3v) is 3.22. The van der Waals surface area contributed by atoms with Gasteiger partial charge in [0.1, 0.15) is 9.84 Å². The standard InChI is InChI=1S/C5H11BF3O2S.K/c1-2-12(10,11)5-3-4-6(7,8)9;/h2-5H2,1H3;/q-1;+1. The van der Waals surface area contributed by atoms with Crippen molar-refractivity contribution in [3.05, 3.63) is 0 Å². The van der Waals surface area contributed by atoms with Crippen LogP contribution < -0.4 is 51.4 Å². The Balaban J connectivity index is 0. The second-order valence-electron chi connectivity index (χ2n) is 2.59. The van der Waals surface area contributed by atoms with Gasteiger partial charge in [-0.15, -0.1) is 0 Å². The quantitative estimate of drug-likeness (QED) is 0.559. The van der Waals surface area contributed by atoms with Crippen molar-refractivity contribution in [3.63, 3.8) is 0 Å². The summed E-state index contributed by atoms with van der Waals surface area (Å²) in [6, 6.07) is 0. The van der Waals surface area contributed by atoms with Crippen LogP contribution in [0.25, 0.3) is 0 Å². The molecule has 0 saturated carbocycles. The van der Waals surface area contributed by atoms with E-state index in [2.05, 4.69) is 0 Å². The van der Waals surface area contributed by atoms with Crippen LogP contribution in [0.2, 0.25) is 6.32 Å². The van der Waals surface area contributed by atoms with Crippen molar-refractivity contribution < 1.29 is 72.7 Å². The second kappa shape index (κ2) is 6.84. The third-order valence-electron chi connectivity index (χ3n) is 1.43. The van der Waals surface area contributed by atoms with Crippen molar-refractivity contribution in [2.75, 3.05) is 11.5 Å². The zero-order valence-corrected chi connectivity index (χ0v) is 11.7. The molecule has 0 aromatic heterocycles. The Labute approximate surface area is 119 Å². The third kappa shape index (κ3) is 11.4. The molecule has 0 aliphatic rings. The minimum absolute atomic E-state index is 0. The van der Waals surface area contributed by atoms with Gasteiger partial charge in [-0.25, -0.2) is 8.42 Å². The minimum Gasteiger partial charge on any atom is -0.449 e. The van der Waals surface area contributed by atoms with E-state index in [9.17, 15) is 21.4 Å². The van der Waals surface area contributed by atoms with Crippen LogP contribution in [-0.2, 0) is 9.84 Å². The molecule has 0 aromatic carbocycles. The summed E-state index contributed by atoms with van der Waals surface area (Å²) in [5, 5.41) is 0. The Bertz CT molecular complexity index is 226. The molecular weight excluding hydrogens is 231 g/mol. The van der Waals surface area contributed by atoms with Gasteiger partial charge in [-0.3, -0.25) is 0 Å². The van der Waals surface area contributed by atoms with E-state index >= 15 is 0 Å². The summed E-state index contributed by atoms with van der Waals surface area (Å²) in [6.07, 6.45) is -1.26. The van der Waals surface area contributed by atoms with E-state index in [1.807, 2.05) is 0 Å². The SMILES string of the molecule is CCS(=O)(=O)CCC[B-](F)(F)F.[K+]. The first-order valence-corrected chi connectivity index (χ1v) is 5.50. The topological polar surface area (TPSA) is 34.1 Å². The van der Waals surface area contributed by atoms with Gasteiger partial charge in [0, 0.05) is 11.5 Å². The number of halogens is 3. The molecule has 8 heteroatoms. The molecule has 0 aromatic rings. The maximum absolute atomic E-state index is 11.6. The number of rotatable bonds is 5. The normalized spacial score (nSPS) is 12.3. The first-order chi connectivity index (χ1) is 5.27. The second-order valence-corrected chi connectivity index (χ2v) is 5.06. The van der Waals surface area contributed by atoms with E-state index in [1.165, 1.54) is 6.92 Å². The van der Waals surface area contributed by atoms with Gasteiger partial charge >= 0.3 is 58.4 Å². The molecule has 0 unspecified atom stereocenters. The van der Waals surface area contributed by atoms with Gasteiger partial charge in [0.05, 0.1) is 0 Å². The molecule has 13 heavy (non-hydrogen) atoms. The molecule has 0 amide bonds. The maximum Gasteiger partial charge on any atom is 1.00 e. The zero-order valence-electron chi connectivity index (χ0n) is 7.76. The summed E-state index contributed by atoms with van der Waals surface area (Å²) in [7, 11) is -3.23. The molecule has 0 fully saturated rings. The van der Waals surface area contributed by atoms with Crippen LogP contribution in [0, 0.1) is 0 Å². The van der Waals surface area contributed by atoms with Crippen LogP contribution in [0.5, 0.6) is 0 Å². The Hall–Kier alpha value is 1.44. The molecule has 0 aliphatic carbocycles. The fourth-order valence-corrected chi connectivity index (χ4v) is 1.57. The van der Waals surface area contributed by atoms with Gasteiger partial charge in [0.25, 0.3) is 0 Å². The van der Waals surface area contributed by atoms with E-state index in [-0.39, 0.29) is 69.3 Å². The van der Waals surface area contributed by atoms with Crippen molar-refractivity contribution in [2.45, 2.75) is 19.7 Å². The molecule has 74 valence electrons. The molecular formula is C5H11BF3KO2S. The average Bonchev–Trinajstić information content (AvgIpc) is 1.84. The first-order valence-electron chi connectivity index (χ1n) is 3.68. The fourth-order valence-electron chi connectivity index (χ4n) is 0.679. The van der Waals surface area contributed by atoms with E-state index in [0.29, 0.717) is 0 Å². The molecule has 2 nitrogen and oxygen atoms in total. The first kappa shape index (κ1) is 16.9. The minimum atomic E-state index is -4.83. The van der Waals surface area contributed by atoms with Gasteiger partial charge in [-0.2, -0.15) is 0 Å². The van der Waals surface area contributed by atoms with E-state index in [1.54, 1.807) is 0 Å². The van der Waals surface area contributed by atoms with Gasteiger partial charge in [0.2, 0.25) is 0 Å². The van der Waals surface area contributed by atoms with Crippen LogP contribution in [0.4, 0.5) is 12.9 Å². The Kier molecular flexibility index (Phi) is 8.87. The van der Waals surface area contributed by atoms with Crippen LogP contribution in [-0.4, -0.2) is 26.9 Å². The van der Waals surface area contributed by atoms with Crippen molar-refractivity contribution in [3.8, 4) is 0 Å². The molecule has 0 bridgehead atoms. The summed E-state index contributed by atoms with van der Waals surface area (Å²) in [4.78, 5) is 0. The van der Waals surface area contributed by atoms with Crippen molar-refractivity contribution in [2.24, 2.45) is 0 Å². The number of hydrogen-bond donors (Lipinski definition) is 0. The Morgan fingerprint density at radius 1 is 1.23 bits per heavy atom. The molecule has 0 spiro atoms. The molecule has 0 radical (unpaired) electrons. The summed E-state index contributed by atoms with van der Waals surface area (Å²) in [5.41, 5.74) is 0. The summed E-state index contributed by atoms with van der Waals surface area (Å²) in [6.45, 7) is -3.40. The number of hydrogen-bond acceptors (Lipinski definition) is 2. The molecule has 0 N–H and O–H groups in total. The van der Waals surface area contributed by atoms with Crippen molar-refractivity contribution in [1.29, 1.82) is 0 Å². The maximum atomic E-state index is 11.6. The van der Waals surface area contributed by atoms with Crippen LogP contribution in [0.3, 0.4) is 0 Å². The van der Waals surface area contributed by atoms with Gasteiger partial charge in [-0.05, 0) is 0 Å². The summed E-state index contributed by atoms with van der Waals surface area (Å²) in [5.74, 6) is -0.442. The predicted molar refractivity (Wildman–Crippen MR) is 42.8 cm³/mol. The fraction of sp³-hybridized carbons (Fsp3) is 1.00. The Morgan fingerprint density at radius 2 is 1.69 bits per heavy atom. The van der Waals surface area contributed by atoms with E-state index in [0.717, 1.165) is 0 Å². The summed E-state index contributed by atoms with van der Waals surface area (Å²) >= 11 is 0. The zero-order chi connectivity index (χ0) is 9.83. The molecule has 0 heterocycles. The van der Waals surface area contributed by atoms with Crippen LogP contribution >= 0.6 is 0 Å². The van der Waals surface area contributed by atoms with E-state index in [4.69, 9.17) is 0 Å². The van der Waals surface area contributed by atoms with Gasteiger partial charge in [0.15, 0.2) is 0 Å². The average molecular weight is 242 g/mol. The monoisotopic (exact) mass is 242 g/mol. The molecule has 0 atom stereocenters. The van der Waals surface area contributed by atoms with Gasteiger partial charge in [-0.1, -0.05) is 19.7 Å². The van der Waals surface area contributed by atoms with Gasteiger partial charge < -0.3 is 12.9 Å². The van der Waals surface area contributed by atoms with Crippen molar-refractivity contribution >= 4 is 16.8 Å². The van der Waals surface area contributed by atoms with Crippen LogP contribution in [0.1, 0.15) is 13.3 Å². The smallest absolute Gasteiger partial charge is 0.449 e. The van der Waals surface area contributed by atoms with E-state index < -0.39 is 23.1 Å². The molecule has 0 aliphatic heterocycles. The summed E-state index contributed by atoms with van der Waals surface area (Å²) < 4.78 is 56.3. The van der Waals surface area contributed by atoms with Crippen LogP contribution in [0.15, 0.2) is 0 Å². The predicted octanol–water partition coefficient (Wildman–Crippen LogP) is -1.34. The number of sulfone groups is 1. The largest absolute Gasteiger partial charge is 1.00 e. The molecule has 0 saturated heterocycles.